The van der Waals surface area contributed by atoms with Crippen LogP contribution < -0.4 is 5.32 Å². The van der Waals surface area contributed by atoms with Gasteiger partial charge in [0, 0.05) is 6.20 Å². The van der Waals surface area contributed by atoms with Gasteiger partial charge in [-0.25, -0.2) is 15.0 Å². The van der Waals surface area contributed by atoms with Gasteiger partial charge in [0.15, 0.2) is 17.0 Å². The Morgan fingerprint density at radius 3 is 2.95 bits per heavy atom. The smallest absolute Gasteiger partial charge is 0.226 e. The Bertz CT molecular complexity index is 730. The second-order valence-corrected chi connectivity index (χ2v) is 4.27. The first-order chi connectivity index (χ1) is 9.76. The number of aliphatic hydroxyl groups excluding tert-OH is 1. The van der Waals surface area contributed by atoms with Crippen LogP contribution in [0.2, 0.25) is 5.28 Å². The van der Waals surface area contributed by atoms with Gasteiger partial charge in [-0.05, 0) is 17.7 Å². The lowest BCUT2D eigenvalue weighted by atomic mass is 10.4. The van der Waals surface area contributed by atoms with Crippen LogP contribution in [0.1, 0.15) is 11.5 Å². The number of aliphatic hydroxyl groups is 1. The molecule has 0 fully saturated rings. The Hall–Kier alpha value is -2.32. The summed E-state index contributed by atoms with van der Waals surface area (Å²) >= 11 is 5.86. The van der Waals surface area contributed by atoms with Crippen molar-refractivity contribution in [2.24, 2.45) is 0 Å². The second kappa shape index (κ2) is 5.35. The average Bonchev–Trinajstić information content (AvgIpc) is 2.88. The summed E-state index contributed by atoms with van der Waals surface area (Å²) in [5.74, 6) is 0.885. The SMILES string of the molecule is OCc1nc2c(NCc3ccncn3)nc(Cl)nc2[nH]1. The van der Waals surface area contributed by atoms with Crippen molar-refractivity contribution in [1.29, 1.82) is 0 Å². The van der Waals surface area contributed by atoms with Gasteiger partial charge in [0.1, 0.15) is 18.8 Å². The minimum absolute atomic E-state index is 0.0934. The number of rotatable bonds is 4. The van der Waals surface area contributed by atoms with Crippen molar-refractivity contribution in [2.45, 2.75) is 13.2 Å². The molecule has 3 aromatic heterocycles. The number of imidazole rings is 1. The topological polar surface area (TPSA) is 112 Å². The van der Waals surface area contributed by atoms with Crippen LogP contribution in [0.15, 0.2) is 18.6 Å². The van der Waals surface area contributed by atoms with Crippen molar-refractivity contribution in [3.63, 3.8) is 0 Å². The second-order valence-electron chi connectivity index (χ2n) is 3.93. The Morgan fingerprint density at radius 1 is 1.30 bits per heavy atom. The molecule has 0 aliphatic heterocycles. The summed E-state index contributed by atoms with van der Waals surface area (Å²) in [4.78, 5) is 23.1. The summed E-state index contributed by atoms with van der Waals surface area (Å²) in [5.41, 5.74) is 1.80. The third-order valence-corrected chi connectivity index (χ3v) is 2.77. The molecule has 0 unspecified atom stereocenters. The van der Waals surface area contributed by atoms with E-state index in [4.69, 9.17) is 16.7 Å². The number of aromatic amines is 1. The fourth-order valence-corrected chi connectivity index (χ4v) is 1.88. The van der Waals surface area contributed by atoms with Gasteiger partial charge < -0.3 is 15.4 Å². The molecular formula is C11H10ClN7O. The standard InChI is InChI=1S/C11H10ClN7O/c12-11-18-9(14-3-6-1-2-13-5-15-6)8-10(19-11)17-7(4-20)16-8/h1-2,5,20H,3-4H2,(H2,14,16,17,18,19). The first-order valence-corrected chi connectivity index (χ1v) is 6.16. The summed E-state index contributed by atoms with van der Waals surface area (Å²) in [7, 11) is 0. The number of hydrogen-bond acceptors (Lipinski definition) is 7. The van der Waals surface area contributed by atoms with E-state index in [1.165, 1.54) is 6.33 Å². The zero-order chi connectivity index (χ0) is 13.9. The molecule has 0 spiro atoms. The van der Waals surface area contributed by atoms with E-state index in [0.717, 1.165) is 5.69 Å². The number of hydrogen-bond donors (Lipinski definition) is 3. The molecule has 3 rings (SSSR count). The van der Waals surface area contributed by atoms with Crippen molar-refractivity contribution in [2.75, 3.05) is 5.32 Å². The van der Waals surface area contributed by atoms with Crippen molar-refractivity contribution >= 4 is 28.6 Å². The van der Waals surface area contributed by atoms with Crippen molar-refractivity contribution in [1.82, 2.24) is 29.9 Å². The van der Waals surface area contributed by atoms with Gasteiger partial charge in [-0.15, -0.1) is 0 Å². The molecule has 0 aliphatic carbocycles. The number of anilines is 1. The van der Waals surface area contributed by atoms with E-state index in [1.54, 1.807) is 12.3 Å². The number of halogens is 1. The molecule has 20 heavy (non-hydrogen) atoms. The van der Waals surface area contributed by atoms with Crippen LogP contribution in [0, 0.1) is 0 Å². The molecule has 0 aromatic carbocycles. The molecule has 0 atom stereocenters. The number of H-pyrrole nitrogens is 1. The molecule has 0 aliphatic rings. The van der Waals surface area contributed by atoms with Crippen LogP contribution in [0.25, 0.3) is 11.2 Å². The summed E-state index contributed by atoms with van der Waals surface area (Å²) < 4.78 is 0. The maximum Gasteiger partial charge on any atom is 0.226 e. The highest BCUT2D eigenvalue weighted by atomic mass is 35.5. The van der Waals surface area contributed by atoms with Crippen molar-refractivity contribution < 1.29 is 5.11 Å². The predicted octanol–water partition coefficient (Wildman–Crippen LogP) is 0.901. The van der Waals surface area contributed by atoms with E-state index in [0.29, 0.717) is 29.4 Å². The predicted molar refractivity (Wildman–Crippen MR) is 72.0 cm³/mol. The van der Waals surface area contributed by atoms with Gasteiger partial charge in [-0.2, -0.15) is 9.97 Å². The molecule has 0 saturated carbocycles. The van der Waals surface area contributed by atoms with Crippen LogP contribution >= 0.6 is 11.6 Å². The van der Waals surface area contributed by atoms with Crippen molar-refractivity contribution in [3.8, 4) is 0 Å². The van der Waals surface area contributed by atoms with E-state index in [2.05, 4.69) is 35.2 Å². The quantitative estimate of drug-likeness (QED) is 0.612. The zero-order valence-corrected chi connectivity index (χ0v) is 11.0. The first-order valence-electron chi connectivity index (χ1n) is 5.78. The Labute approximate surface area is 118 Å². The van der Waals surface area contributed by atoms with Gasteiger partial charge in [0.05, 0.1) is 12.2 Å². The molecule has 102 valence electrons. The van der Waals surface area contributed by atoms with Gasteiger partial charge in [-0.1, -0.05) is 0 Å². The van der Waals surface area contributed by atoms with Crippen LogP contribution in [0.4, 0.5) is 5.82 Å². The Balaban J connectivity index is 1.92. The normalized spacial score (nSPS) is 10.9. The summed E-state index contributed by atoms with van der Waals surface area (Å²) in [5, 5.41) is 12.3. The van der Waals surface area contributed by atoms with Crippen LogP contribution in [0.3, 0.4) is 0 Å². The minimum atomic E-state index is -0.209. The summed E-state index contributed by atoms with van der Waals surface area (Å²) in [6.07, 6.45) is 3.13. The number of fused-ring (bicyclic) bond motifs is 1. The molecular weight excluding hydrogens is 282 g/mol. The summed E-state index contributed by atoms with van der Waals surface area (Å²) in [6, 6.07) is 1.79. The number of nitrogens with zero attached hydrogens (tertiary/aromatic N) is 5. The molecule has 3 N–H and O–H groups in total. The monoisotopic (exact) mass is 291 g/mol. The molecule has 0 bridgehead atoms. The molecule has 0 radical (unpaired) electrons. The molecule has 3 aromatic rings. The molecule has 8 nitrogen and oxygen atoms in total. The van der Waals surface area contributed by atoms with E-state index in [-0.39, 0.29) is 11.9 Å². The van der Waals surface area contributed by atoms with Crippen LogP contribution in [-0.4, -0.2) is 35.0 Å². The lowest BCUT2D eigenvalue weighted by Gasteiger charge is -2.05. The van der Waals surface area contributed by atoms with Crippen LogP contribution in [0.5, 0.6) is 0 Å². The molecule has 0 saturated heterocycles. The lowest BCUT2D eigenvalue weighted by molar-refractivity contribution is 0.273. The van der Waals surface area contributed by atoms with E-state index in [9.17, 15) is 0 Å². The fraction of sp³-hybridized carbons (Fsp3) is 0.182. The van der Waals surface area contributed by atoms with Gasteiger partial charge in [0.2, 0.25) is 5.28 Å². The maximum atomic E-state index is 9.09. The Kier molecular flexibility index (Phi) is 3.40. The van der Waals surface area contributed by atoms with Crippen LogP contribution in [-0.2, 0) is 13.2 Å². The minimum Gasteiger partial charge on any atom is -0.388 e. The average molecular weight is 292 g/mol. The molecule has 9 heteroatoms. The third-order valence-electron chi connectivity index (χ3n) is 2.60. The van der Waals surface area contributed by atoms with E-state index in [1.807, 2.05) is 0 Å². The lowest BCUT2D eigenvalue weighted by Crippen LogP contribution is -2.04. The highest BCUT2D eigenvalue weighted by Crippen LogP contribution is 2.20. The van der Waals surface area contributed by atoms with E-state index >= 15 is 0 Å². The van der Waals surface area contributed by atoms with Gasteiger partial charge in [0.25, 0.3) is 0 Å². The first kappa shape index (κ1) is 12.7. The van der Waals surface area contributed by atoms with Crippen molar-refractivity contribution in [3.05, 3.63) is 35.4 Å². The van der Waals surface area contributed by atoms with E-state index < -0.39 is 0 Å². The highest BCUT2D eigenvalue weighted by molar-refractivity contribution is 6.28. The zero-order valence-electron chi connectivity index (χ0n) is 10.2. The maximum absolute atomic E-state index is 9.09. The number of aromatic nitrogens is 6. The summed E-state index contributed by atoms with van der Waals surface area (Å²) in [6.45, 7) is 0.242. The van der Waals surface area contributed by atoms with Gasteiger partial charge >= 0.3 is 0 Å². The largest absolute Gasteiger partial charge is 0.388 e. The third kappa shape index (κ3) is 2.51. The molecule has 0 amide bonds. The van der Waals surface area contributed by atoms with Gasteiger partial charge in [-0.3, -0.25) is 0 Å². The number of nitrogens with one attached hydrogen (secondary N) is 2. The molecule has 3 heterocycles. The Morgan fingerprint density at radius 2 is 2.20 bits per heavy atom. The highest BCUT2D eigenvalue weighted by Gasteiger charge is 2.11. The fourth-order valence-electron chi connectivity index (χ4n) is 1.72.